The Kier molecular flexibility index (Phi) is 6.55. The Hall–Kier alpha value is 0.0700. The molecule has 1 nitrogen and oxygen atoms in total. The molecule has 13 heavy (non-hydrogen) atoms. The maximum absolute atomic E-state index is 12.5. The zero-order valence-corrected chi connectivity index (χ0v) is 10.3. The molecule has 0 aliphatic rings. The monoisotopic (exact) mass is 311 g/mol. The second-order valence-electron chi connectivity index (χ2n) is 2.60. The van der Waals surface area contributed by atoms with Crippen LogP contribution in [0.2, 0.25) is 0 Å². The summed E-state index contributed by atoms with van der Waals surface area (Å²) in [7, 11) is 0. The lowest BCUT2D eigenvalue weighted by Gasteiger charge is -2.07. The molecule has 0 heterocycles. The minimum Gasteiger partial charge on any atom is -0.330 e. The first-order chi connectivity index (χ1) is 5.74. The van der Waals surface area contributed by atoms with Gasteiger partial charge in [0.05, 0.1) is 0 Å². The Morgan fingerprint density at radius 1 is 1.31 bits per heavy atom. The van der Waals surface area contributed by atoms with Crippen molar-refractivity contribution in [3.8, 4) is 0 Å². The summed E-state index contributed by atoms with van der Waals surface area (Å²) >= 11 is 3.47. The fraction of sp³-hybridized carbons (Fsp3) is 0.333. The van der Waals surface area contributed by atoms with E-state index in [-0.39, 0.29) is 27.6 Å². The third-order valence-corrected chi connectivity index (χ3v) is 2.64. The summed E-state index contributed by atoms with van der Waals surface area (Å²) in [6, 6.07) is 6.45. The van der Waals surface area contributed by atoms with Crippen molar-refractivity contribution in [1.82, 2.24) is 0 Å². The van der Waals surface area contributed by atoms with Crippen LogP contribution in [-0.2, 0) is 0 Å². The largest absolute Gasteiger partial charge is 0.330 e. The number of benzene rings is 1. The minimum absolute atomic E-state index is 0. The van der Waals surface area contributed by atoms with Crippen LogP contribution in [0.3, 0.4) is 0 Å². The van der Waals surface area contributed by atoms with Crippen molar-refractivity contribution in [3.05, 3.63) is 35.6 Å². The second kappa shape index (κ2) is 6.51. The molecule has 0 amide bonds. The molecule has 0 radical (unpaired) electrons. The van der Waals surface area contributed by atoms with Gasteiger partial charge < -0.3 is 5.73 Å². The standard InChI is InChI=1S/C9H11BrFN.BrH/c10-9(5-6-12)7-1-3-8(11)4-2-7;/h1-4,9H,5-6,12H2;1H. The quantitative estimate of drug-likeness (QED) is 0.852. The number of nitrogens with two attached hydrogens (primary N) is 1. The molecular weight excluding hydrogens is 301 g/mol. The minimum atomic E-state index is -0.203. The predicted molar refractivity (Wildman–Crippen MR) is 62.1 cm³/mol. The third kappa shape index (κ3) is 4.20. The van der Waals surface area contributed by atoms with E-state index in [0.29, 0.717) is 6.54 Å². The molecule has 1 unspecified atom stereocenters. The highest BCUT2D eigenvalue weighted by Gasteiger charge is 2.05. The molecule has 0 aromatic heterocycles. The Morgan fingerprint density at radius 3 is 2.31 bits per heavy atom. The van der Waals surface area contributed by atoms with Crippen LogP contribution in [0.5, 0.6) is 0 Å². The lowest BCUT2D eigenvalue weighted by molar-refractivity contribution is 0.626. The second-order valence-corrected chi connectivity index (χ2v) is 3.70. The highest BCUT2D eigenvalue weighted by Crippen LogP contribution is 2.25. The molecule has 74 valence electrons. The summed E-state index contributed by atoms with van der Waals surface area (Å²) in [6.07, 6.45) is 0.867. The zero-order chi connectivity index (χ0) is 8.97. The Labute approximate surface area is 96.4 Å². The summed E-state index contributed by atoms with van der Waals surface area (Å²) in [6.45, 7) is 0.632. The first-order valence-electron chi connectivity index (χ1n) is 3.83. The summed E-state index contributed by atoms with van der Waals surface area (Å²) in [5.74, 6) is -0.203. The van der Waals surface area contributed by atoms with Crippen molar-refractivity contribution >= 4 is 32.9 Å². The number of rotatable bonds is 3. The molecule has 0 fully saturated rings. The average Bonchev–Trinajstić information content (AvgIpc) is 2.06. The van der Waals surface area contributed by atoms with Gasteiger partial charge in [0.1, 0.15) is 5.82 Å². The molecule has 0 saturated heterocycles. The smallest absolute Gasteiger partial charge is 0.123 e. The van der Waals surface area contributed by atoms with Crippen molar-refractivity contribution in [2.75, 3.05) is 6.54 Å². The molecule has 0 bridgehead atoms. The Bertz CT molecular complexity index is 238. The van der Waals surface area contributed by atoms with Crippen molar-refractivity contribution in [2.24, 2.45) is 5.73 Å². The van der Waals surface area contributed by atoms with E-state index < -0.39 is 0 Å². The topological polar surface area (TPSA) is 26.0 Å². The van der Waals surface area contributed by atoms with E-state index in [9.17, 15) is 4.39 Å². The molecule has 0 spiro atoms. The van der Waals surface area contributed by atoms with Gasteiger partial charge in [-0.2, -0.15) is 0 Å². The van der Waals surface area contributed by atoms with E-state index in [1.165, 1.54) is 12.1 Å². The van der Waals surface area contributed by atoms with E-state index in [2.05, 4.69) is 15.9 Å². The molecule has 1 atom stereocenters. The fourth-order valence-electron chi connectivity index (χ4n) is 0.985. The summed E-state index contributed by atoms with van der Waals surface area (Å²) in [5.41, 5.74) is 6.46. The SMILES string of the molecule is Br.NCCC(Br)c1ccc(F)cc1. The number of halogens is 3. The van der Waals surface area contributed by atoms with Crippen LogP contribution in [0.15, 0.2) is 24.3 Å². The van der Waals surface area contributed by atoms with Crippen molar-refractivity contribution < 1.29 is 4.39 Å². The number of alkyl halides is 1. The normalized spacial score (nSPS) is 11.9. The molecule has 1 aromatic carbocycles. The molecule has 0 aliphatic carbocycles. The van der Waals surface area contributed by atoms with Crippen LogP contribution in [-0.4, -0.2) is 6.54 Å². The van der Waals surface area contributed by atoms with Crippen LogP contribution >= 0.6 is 32.9 Å². The summed E-state index contributed by atoms with van der Waals surface area (Å²) in [4.78, 5) is 0.239. The van der Waals surface area contributed by atoms with E-state index in [0.717, 1.165) is 12.0 Å². The van der Waals surface area contributed by atoms with Crippen LogP contribution < -0.4 is 5.73 Å². The van der Waals surface area contributed by atoms with Gasteiger partial charge in [0.15, 0.2) is 0 Å². The highest BCUT2D eigenvalue weighted by molar-refractivity contribution is 9.09. The fourth-order valence-corrected chi connectivity index (χ4v) is 1.55. The number of hydrogen-bond donors (Lipinski definition) is 1. The van der Waals surface area contributed by atoms with Gasteiger partial charge in [0.25, 0.3) is 0 Å². The lowest BCUT2D eigenvalue weighted by Crippen LogP contribution is -2.02. The first-order valence-corrected chi connectivity index (χ1v) is 4.75. The van der Waals surface area contributed by atoms with Gasteiger partial charge in [-0.1, -0.05) is 28.1 Å². The van der Waals surface area contributed by atoms with Crippen molar-refractivity contribution in [3.63, 3.8) is 0 Å². The van der Waals surface area contributed by atoms with Crippen LogP contribution in [0.25, 0.3) is 0 Å². The van der Waals surface area contributed by atoms with Gasteiger partial charge >= 0.3 is 0 Å². The molecule has 4 heteroatoms. The maximum atomic E-state index is 12.5. The average molecular weight is 313 g/mol. The molecular formula is C9H12Br2FN. The zero-order valence-electron chi connectivity index (χ0n) is 7.04. The van der Waals surface area contributed by atoms with Crippen LogP contribution in [0.4, 0.5) is 4.39 Å². The van der Waals surface area contributed by atoms with Gasteiger partial charge in [0, 0.05) is 4.83 Å². The maximum Gasteiger partial charge on any atom is 0.123 e. The number of hydrogen-bond acceptors (Lipinski definition) is 1. The van der Waals surface area contributed by atoms with Crippen LogP contribution in [0.1, 0.15) is 16.8 Å². The van der Waals surface area contributed by atoms with Gasteiger partial charge in [-0.3, -0.25) is 0 Å². The third-order valence-electron chi connectivity index (χ3n) is 1.65. The molecule has 0 saturated carbocycles. The summed E-state index contributed by atoms with van der Waals surface area (Å²) < 4.78 is 12.5. The van der Waals surface area contributed by atoms with E-state index in [1.54, 1.807) is 12.1 Å². The molecule has 0 aliphatic heterocycles. The van der Waals surface area contributed by atoms with Gasteiger partial charge in [-0.05, 0) is 30.7 Å². The molecule has 2 N–H and O–H groups in total. The molecule has 1 rings (SSSR count). The Morgan fingerprint density at radius 2 is 1.85 bits per heavy atom. The lowest BCUT2D eigenvalue weighted by atomic mass is 10.1. The molecule has 1 aromatic rings. The van der Waals surface area contributed by atoms with Crippen molar-refractivity contribution in [1.29, 1.82) is 0 Å². The summed E-state index contributed by atoms with van der Waals surface area (Å²) in [5, 5.41) is 0. The Balaban J connectivity index is 0.00000144. The predicted octanol–water partition coefficient (Wildman–Crippen LogP) is 3.19. The highest BCUT2D eigenvalue weighted by atomic mass is 79.9. The van der Waals surface area contributed by atoms with Crippen molar-refractivity contribution in [2.45, 2.75) is 11.2 Å². The first kappa shape index (κ1) is 13.1. The van der Waals surface area contributed by atoms with Gasteiger partial charge in [0.2, 0.25) is 0 Å². The van der Waals surface area contributed by atoms with E-state index >= 15 is 0 Å². The van der Waals surface area contributed by atoms with Gasteiger partial charge in [-0.25, -0.2) is 4.39 Å². The van der Waals surface area contributed by atoms with Crippen LogP contribution in [0, 0.1) is 5.82 Å². The van der Waals surface area contributed by atoms with E-state index in [4.69, 9.17) is 5.73 Å². The van der Waals surface area contributed by atoms with Gasteiger partial charge in [-0.15, -0.1) is 17.0 Å². The van der Waals surface area contributed by atoms with E-state index in [1.807, 2.05) is 0 Å².